The van der Waals surface area contributed by atoms with E-state index in [1.165, 1.54) is 24.3 Å². The van der Waals surface area contributed by atoms with Crippen molar-refractivity contribution in [2.24, 2.45) is 0 Å². The van der Waals surface area contributed by atoms with Gasteiger partial charge in [0.05, 0.1) is 21.2 Å². The van der Waals surface area contributed by atoms with Gasteiger partial charge in [0.1, 0.15) is 0 Å². The van der Waals surface area contributed by atoms with Gasteiger partial charge in [0.15, 0.2) is 0 Å². The Balaban J connectivity index is 1.75. The number of hydrogen-bond donors (Lipinski definition) is 2. The lowest BCUT2D eigenvalue weighted by Gasteiger charge is -2.11. The van der Waals surface area contributed by atoms with E-state index in [-0.39, 0.29) is 10.8 Å². The van der Waals surface area contributed by atoms with Crippen molar-refractivity contribution >= 4 is 50.5 Å². The summed E-state index contributed by atoms with van der Waals surface area (Å²) in [6, 6.07) is 15.9. The number of benzene rings is 3. The Bertz CT molecular complexity index is 1180. The van der Waals surface area contributed by atoms with Crippen LogP contribution in [-0.2, 0) is 10.0 Å². The molecule has 5 nitrogen and oxygen atoms in total. The van der Waals surface area contributed by atoms with Gasteiger partial charge in [0.25, 0.3) is 15.9 Å². The van der Waals surface area contributed by atoms with Gasteiger partial charge in [-0.2, -0.15) is 0 Å². The maximum atomic E-state index is 12.6. The van der Waals surface area contributed by atoms with Gasteiger partial charge in [0, 0.05) is 10.7 Å². The Morgan fingerprint density at radius 3 is 2.10 bits per heavy atom. The van der Waals surface area contributed by atoms with E-state index in [2.05, 4.69) is 10.0 Å². The van der Waals surface area contributed by atoms with Crippen molar-refractivity contribution in [3.8, 4) is 0 Å². The number of nitrogens with one attached hydrogen (secondary N) is 2. The largest absolute Gasteiger partial charge is 0.322 e. The number of aryl methyl sites for hydroxylation is 2. The van der Waals surface area contributed by atoms with Gasteiger partial charge in [-0.1, -0.05) is 35.3 Å². The molecule has 150 valence electrons. The molecular formula is C21H18Cl2N2O3S. The zero-order valence-corrected chi connectivity index (χ0v) is 18.0. The molecule has 0 saturated carbocycles. The summed E-state index contributed by atoms with van der Waals surface area (Å²) >= 11 is 12.2. The fraction of sp³-hybridized carbons (Fsp3) is 0.0952. The molecule has 8 heteroatoms. The van der Waals surface area contributed by atoms with E-state index >= 15 is 0 Å². The highest BCUT2D eigenvalue weighted by Gasteiger charge is 2.16. The van der Waals surface area contributed by atoms with Gasteiger partial charge < -0.3 is 5.32 Å². The van der Waals surface area contributed by atoms with Crippen LogP contribution in [0.4, 0.5) is 11.4 Å². The first kappa shape index (κ1) is 21.2. The second kappa shape index (κ2) is 8.45. The van der Waals surface area contributed by atoms with Crippen LogP contribution < -0.4 is 10.0 Å². The zero-order valence-electron chi connectivity index (χ0n) is 15.7. The number of hydrogen-bond acceptors (Lipinski definition) is 3. The van der Waals surface area contributed by atoms with Gasteiger partial charge in [0.2, 0.25) is 0 Å². The molecule has 0 aliphatic carbocycles. The molecule has 0 atom stereocenters. The Hall–Kier alpha value is -2.54. The third-order valence-electron chi connectivity index (χ3n) is 4.22. The average Bonchev–Trinajstić information content (AvgIpc) is 2.65. The highest BCUT2D eigenvalue weighted by Crippen LogP contribution is 2.24. The number of carbonyl (C=O) groups is 1. The smallest absolute Gasteiger partial charge is 0.261 e. The Labute approximate surface area is 179 Å². The molecule has 3 aromatic carbocycles. The highest BCUT2D eigenvalue weighted by molar-refractivity contribution is 7.92. The minimum absolute atomic E-state index is 0.0561. The lowest BCUT2D eigenvalue weighted by Crippen LogP contribution is -2.14. The number of sulfonamides is 1. The van der Waals surface area contributed by atoms with Crippen LogP contribution in [0.1, 0.15) is 21.5 Å². The van der Waals surface area contributed by atoms with Crippen LogP contribution in [-0.4, -0.2) is 14.3 Å². The molecule has 0 unspecified atom stereocenters. The van der Waals surface area contributed by atoms with Gasteiger partial charge >= 0.3 is 0 Å². The van der Waals surface area contributed by atoms with E-state index in [4.69, 9.17) is 23.2 Å². The van der Waals surface area contributed by atoms with Gasteiger partial charge in [-0.05, 0) is 73.5 Å². The second-order valence-electron chi connectivity index (χ2n) is 6.53. The van der Waals surface area contributed by atoms with Crippen molar-refractivity contribution in [3.05, 3.63) is 87.4 Å². The summed E-state index contributed by atoms with van der Waals surface area (Å²) in [5, 5.41) is 3.52. The van der Waals surface area contributed by atoms with E-state index in [1.807, 2.05) is 13.8 Å². The van der Waals surface area contributed by atoms with Crippen molar-refractivity contribution in [3.63, 3.8) is 0 Å². The summed E-state index contributed by atoms with van der Waals surface area (Å²) in [5.74, 6) is -0.377. The first-order chi connectivity index (χ1) is 13.7. The topological polar surface area (TPSA) is 75.3 Å². The van der Waals surface area contributed by atoms with Crippen LogP contribution in [0.2, 0.25) is 10.0 Å². The van der Waals surface area contributed by atoms with E-state index in [9.17, 15) is 13.2 Å². The maximum absolute atomic E-state index is 12.6. The third kappa shape index (κ3) is 5.09. The third-order valence-corrected chi connectivity index (χ3v) is 6.33. The van der Waals surface area contributed by atoms with Crippen molar-refractivity contribution in [1.82, 2.24) is 0 Å². The predicted molar refractivity (Wildman–Crippen MR) is 118 cm³/mol. The molecule has 0 radical (unpaired) electrons. The van der Waals surface area contributed by atoms with Crippen molar-refractivity contribution in [1.29, 1.82) is 0 Å². The van der Waals surface area contributed by atoms with Crippen molar-refractivity contribution in [2.45, 2.75) is 18.7 Å². The van der Waals surface area contributed by atoms with E-state index in [1.54, 1.807) is 36.4 Å². The average molecular weight is 449 g/mol. The van der Waals surface area contributed by atoms with Crippen LogP contribution in [0.3, 0.4) is 0 Å². The molecule has 0 saturated heterocycles. The van der Waals surface area contributed by atoms with E-state index < -0.39 is 10.0 Å². The maximum Gasteiger partial charge on any atom is 0.261 e. The highest BCUT2D eigenvalue weighted by atomic mass is 35.5. The number of halogens is 2. The molecule has 0 spiro atoms. The van der Waals surface area contributed by atoms with Crippen molar-refractivity contribution in [2.75, 3.05) is 10.0 Å². The molecule has 0 aliphatic heterocycles. The van der Waals surface area contributed by atoms with Crippen molar-refractivity contribution < 1.29 is 13.2 Å². The molecule has 29 heavy (non-hydrogen) atoms. The number of rotatable bonds is 5. The lowest BCUT2D eigenvalue weighted by atomic mass is 10.1. The lowest BCUT2D eigenvalue weighted by molar-refractivity contribution is 0.102. The molecule has 0 heterocycles. The summed E-state index contributed by atoms with van der Waals surface area (Å²) in [5.41, 5.74) is 2.95. The Kier molecular flexibility index (Phi) is 6.17. The van der Waals surface area contributed by atoms with Crippen LogP contribution >= 0.6 is 23.2 Å². The fourth-order valence-electron chi connectivity index (χ4n) is 2.59. The van der Waals surface area contributed by atoms with Crippen LogP contribution in [0.15, 0.2) is 65.6 Å². The fourth-order valence-corrected chi connectivity index (χ4v) is 4.14. The van der Waals surface area contributed by atoms with Gasteiger partial charge in [-0.3, -0.25) is 9.52 Å². The SMILES string of the molecule is Cc1ccc(C(=O)Nc2ccc(S(=O)(=O)Nc3ccc(C)c(Cl)c3)cc2)c(Cl)c1. The van der Waals surface area contributed by atoms with E-state index in [0.29, 0.717) is 27.0 Å². The standard InChI is InChI=1S/C21H18Cl2N2O3S/c1-13-3-10-18(20(23)11-13)21(26)24-15-6-8-17(9-7-15)29(27,28)25-16-5-4-14(2)19(22)12-16/h3-12,25H,1-2H3,(H,24,26). The molecule has 0 aromatic heterocycles. The molecule has 0 fully saturated rings. The molecule has 3 aromatic rings. The summed E-state index contributed by atoms with van der Waals surface area (Å²) in [7, 11) is -3.79. The molecule has 3 rings (SSSR count). The van der Waals surface area contributed by atoms with Gasteiger partial charge in [-0.25, -0.2) is 8.42 Å². The van der Waals surface area contributed by atoms with Crippen LogP contribution in [0.25, 0.3) is 0 Å². The number of amides is 1. The van der Waals surface area contributed by atoms with Crippen LogP contribution in [0.5, 0.6) is 0 Å². The predicted octanol–water partition coefficient (Wildman–Crippen LogP) is 5.66. The summed E-state index contributed by atoms with van der Waals surface area (Å²) in [4.78, 5) is 12.4. The minimum Gasteiger partial charge on any atom is -0.322 e. The van der Waals surface area contributed by atoms with Crippen LogP contribution in [0, 0.1) is 13.8 Å². The first-order valence-corrected chi connectivity index (χ1v) is 10.9. The Morgan fingerprint density at radius 2 is 1.48 bits per heavy atom. The monoisotopic (exact) mass is 448 g/mol. The van der Waals surface area contributed by atoms with E-state index in [0.717, 1.165) is 11.1 Å². The minimum atomic E-state index is -3.79. The molecule has 2 N–H and O–H groups in total. The molecular weight excluding hydrogens is 431 g/mol. The first-order valence-electron chi connectivity index (χ1n) is 8.62. The summed E-state index contributed by atoms with van der Waals surface area (Å²) in [6.45, 7) is 3.71. The second-order valence-corrected chi connectivity index (χ2v) is 9.03. The molecule has 0 bridgehead atoms. The normalized spacial score (nSPS) is 11.2. The number of carbonyl (C=O) groups excluding carboxylic acids is 1. The van der Waals surface area contributed by atoms with Gasteiger partial charge in [-0.15, -0.1) is 0 Å². The molecule has 0 aliphatic rings. The summed E-state index contributed by atoms with van der Waals surface area (Å²) in [6.07, 6.45) is 0. The Morgan fingerprint density at radius 1 is 0.828 bits per heavy atom. The summed E-state index contributed by atoms with van der Waals surface area (Å²) < 4.78 is 27.6. The zero-order chi connectivity index (χ0) is 21.2. The molecule has 1 amide bonds. The quantitative estimate of drug-likeness (QED) is 0.528. The number of anilines is 2.